The van der Waals surface area contributed by atoms with E-state index in [9.17, 15) is 0 Å². The van der Waals surface area contributed by atoms with Crippen LogP contribution in [0.5, 0.6) is 0 Å². The van der Waals surface area contributed by atoms with E-state index in [0.29, 0.717) is 6.04 Å². The quantitative estimate of drug-likeness (QED) is 0.520. The van der Waals surface area contributed by atoms with E-state index in [1.54, 1.807) is 0 Å². The van der Waals surface area contributed by atoms with Crippen LogP contribution in [0.15, 0.2) is 30.3 Å². The zero-order valence-electron chi connectivity index (χ0n) is 12.8. The van der Waals surface area contributed by atoms with Crippen molar-refractivity contribution in [2.75, 3.05) is 6.54 Å². The van der Waals surface area contributed by atoms with Gasteiger partial charge < -0.3 is 5.32 Å². The van der Waals surface area contributed by atoms with Crippen LogP contribution in [0.3, 0.4) is 0 Å². The largest absolute Gasteiger partial charge is 0.310 e. The molecule has 1 atom stereocenters. The van der Waals surface area contributed by atoms with Crippen molar-refractivity contribution in [3.05, 3.63) is 35.9 Å². The molecule has 1 rings (SSSR count). The summed E-state index contributed by atoms with van der Waals surface area (Å²) in [5.41, 5.74) is 1.45. The maximum absolute atomic E-state index is 3.75. The number of rotatable bonds is 11. The third kappa shape index (κ3) is 7.37. The van der Waals surface area contributed by atoms with E-state index in [2.05, 4.69) is 49.5 Å². The molecule has 0 saturated heterocycles. The van der Waals surface area contributed by atoms with Gasteiger partial charge in [0.1, 0.15) is 0 Å². The molecule has 1 nitrogen and oxygen atoms in total. The zero-order valence-corrected chi connectivity index (χ0v) is 12.8. The number of hydrogen-bond donors (Lipinski definition) is 1. The van der Waals surface area contributed by atoms with Crippen molar-refractivity contribution in [2.24, 2.45) is 0 Å². The number of unbranched alkanes of at least 4 members (excludes halogenated alkanes) is 5. The molecule has 0 heterocycles. The Morgan fingerprint density at radius 3 is 2.21 bits per heavy atom. The number of nitrogens with one attached hydrogen (secondary N) is 1. The van der Waals surface area contributed by atoms with Crippen molar-refractivity contribution in [3.8, 4) is 0 Å². The molecule has 0 saturated carbocycles. The molecule has 0 aliphatic heterocycles. The van der Waals surface area contributed by atoms with Crippen molar-refractivity contribution in [1.29, 1.82) is 0 Å². The van der Waals surface area contributed by atoms with Crippen LogP contribution in [0.25, 0.3) is 0 Å². The lowest BCUT2D eigenvalue weighted by atomic mass is 10.0. The second kappa shape index (κ2) is 11.0. The third-order valence-corrected chi connectivity index (χ3v) is 3.72. The maximum Gasteiger partial charge on any atom is 0.0320 e. The fourth-order valence-corrected chi connectivity index (χ4v) is 2.49. The summed E-state index contributed by atoms with van der Waals surface area (Å²) in [4.78, 5) is 0. The molecule has 0 aliphatic carbocycles. The Labute approximate surface area is 119 Å². The van der Waals surface area contributed by atoms with Gasteiger partial charge in [-0.3, -0.25) is 0 Å². The van der Waals surface area contributed by atoms with Crippen molar-refractivity contribution in [2.45, 2.75) is 71.3 Å². The topological polar surface area (TPSA) is 12.0 Å². The highest BCUT2D eigenvalue weighted by atomic mass is 14.9. The predicted octanol–water partition coefficient (Wildman–Crippen LogP) is 5.48. The minimum Gasteiger partial charge on any atom is -0.310 e. The van der Waals surface area contributed by atoms with Gasteiger partial charge in [0.15, 0.2) is 0 Å². The molecule has 0 radical (unpaired) electrons. The first kappa shape index (κ1) is 16.2. The summed E-state index contributed by atoms with van der Waals surface area (Å²) < 4.78 is 0. The highest BCUT2D eigenvalue weighted by Crippen LogP contribution is 2.19. The van der Waals surface area contributed by atoms with E-state index < -0.39 is 0 Å². The SMILES string of the molecule is CCCCCCCNC(CCCC)c1ccccc1. The fourth-order valence-electron chi connectivity index (χ4n) is 2.49. The Kier molecular flexibility index (Phi) is 9.44. The molecule has 0 aromatic heterocycles. The second-order valence-electron chi connectivity index (χ2n) is 5.47. The van der Waals surface area contributed by atoms with Crippen LogP contribution in [0.4, 0.5) is 0 Å². The van der Waals surface area contributed by atoms with Gasteiger partial charge in [-0.25, -0.2) is 0 Å². The highest BCUT2D eigenvalue weighted by molar-refractivity contribution is 5.18. The summed E-state index contributed by atoms with van der Waals surface area (Å²) in [6, 6.07) is 11.5. The minimum atomic E-state index is 0.548. The predicted molar refractivity (Wildman–Crippen MR) is 85.5 cm³/mol. The van der Waals surface area contributed by atoms with Crippen molar-refractivity contribution in [1.82, 2.24) is 5.32 Å². The van der Waals surface area contributed by atoms with Gasteiger partial charge in [-0.05, 0) is 24.9 Å². The molecule has 0 bridgehead atoms. The normalized spacial score (nSPS) is 12.5. The molecular weight excluding hydrogens is 230 g/mol. The number of hydrogen-bond acceptors (Lipinski definition) is 1. The van der Waals surface area contributed by atoms with Gasteiger partial charge in [-0.2, -0.15) is 0 Å². The molecule has 1 heteroatoms. The van der Waals surface area contributed by atoms with E-state index in [0.717, 1.165) is 6.54 Å². The summed E-state index contributed by atoms with van der Waals surface area (Å²) in [5, 5.41) is 3.75. The summed E-state index contributed by atoms with van der Waals surface area (Å²) in [6.07, 6.45) is 10.6. The second-order valence-corrected chi connectivity index (χ2v) is 5.47. The van der Waals surface area contributed by atoms with Gasteiger partial charge in [-0.15, -0.1) is 0 Å². The van der Waals surface area contributed by atoms with Gasteiger partial charge in [0.2, 0.25) is 0 Å². The fraction of sp³-hybridized carbons (Fsp3) is 0.667. The van der Waals surface area contributed by atoms with Gasteiger partial charge in [0.25, 0.3) is 0 Å². The van der Waals surface area contributed by atoms with Crippen LogP contribution >= 0.6 is 0 Å². The van der Waals surface area contributed by atoms with E-state index in [1.165, 1.54) is 56.9 Å². The summed E-state index contributed by atoms with van der Waals surface area (Å²) in [6.45, 7) is 5.70. The smallest absolute Gasteiger partial charge is 0.0320 e. The first-order chi connectivity index (χ1) is 9.38. The molecule has 1 aromatic carbocycles. The molecule has 1 aromatic rings. The van der Waals surface area contributed by atoms with E-state index in [4.69, 9.17) is 0 Å². The van der Waals surface area contributed by atoms with Crippen LogP contribution < -0.4 is 5.32 Å². The van der Waals surface area contributed by atoms with Crippen molar-refractivity contribution in [3.63, 3.8) is 0 Å². The highest BCUT2D eigenvalue weighted by Gasteiger charge is 2.09. The van der Waals surface area contributed by atoms with Gasteiger partial charge in [-0.1, -0.05) is 82.7 Å². The van der Waals surface area contributed by atoms with E-state index >= 15 is 0 Å². The lowest BCUT2D eigenvalue weighted by Gasteiger charge is -2.19. The first-order valence-electron chi connectivity index (χ1n) is 8.16. The molecule has 1 N–H and O–H groups in total. The Morgan fingerprint density at radius 1 is 0.842 bits per heavy atom. The maximum atomic E-state index is 3.75. The molecular formula is C18H31N. The van der Waals surface area contributed by atoms with E-state index in [1.807, 2.05) is 0 Å². The zero-order chi connectivity index (χ0) is 13.8. The summed E-state index contributed by atoms with van der Waals surface area (Å²) >= 11 is 0. The van der Waals surface area contributed by atoms with Crippen LogP contribution in [0, 0.1) is 0 Å². The lowest BCUT2D eigenvalue weighted by molar-refractivity contribution is 0.466. The van der Waals surface area contributed by atoms with Crippen LogP contribution in [-0.2, 0) is 0 Å². The van der Waals surface area contributed by atoms with Crippen molar-refractivity contribution >= 4 is 0 Å². The van der Waals surface area contributed by atoms with Gasteiger partial charge >= 0.3 is 0 Å². The number of benzene rings is 1. The lowest BCUT2D eigenvalue weighted by Crippen LogP contribution is -2.22. The molecule has 19 heavy (non-hydrogen) atoms. The Balaban J connectivity index is 2.30. The van der Waals surface area contributed by atoms with Gasteiger partial charge in [0.05, 0.1) is 0 Å². The summed E-state index contributed by atoms with van der Waals surface area (Å²) in [7, 11) is 0. The Hall–Kier alpha value is -0.820. The van der Waals surface area contributed by atoms with E-state index in [-0.39, 0.29) is 0 Å². The monoisotopic (exact) mass is 261 g/mol. The average molecular weight is 261 g/mol. The van der Waals surface area contributed by atoms with Crippen molar-refractivity contribution < 1.29 is 0 Å². The Morgan fingerprint density at radius 2 is 1.53 bits per heavy atom. The Bertz CT molecular complexity index is 294. The summed E-state index contributed by atoms with van der Waals surface area (Å²) in [5.74, 6) is 0. The average Bonchev–Trinajstić information content (AvgIpc) is 2.46. The van der Waals surface area contributed by atoms with Gasteiger partial charge in [0, 0.05) is 6.04 Å². The molecule has 0 amide bonds. The molecule has 0 fully saturated rings. The first-order valence-corrected chi connectivity index (χ1v) is 8.16. The molecule has 1 unspecified atom stereocenters. The van der Waals surface area contributed by atoms with Crippen LogP contribution in [0.1, 0.15) is 76.8 Å². The van der Waals surface area contributed by atoms with Crippen LogP contribution in [0.2, 0.25) is 0 Å². The minimum absolute atomic E-state index is 0.548. The third-order valence-electron chi connectivity index (χ3n) is 3.72. The van der Waals surface area contributed by atoms with Crippen LogP contribution in [-0.4, -0.2) is 6.54 Å². The standard InChI is InChI=1S/C18H31N/c1-3-5-7-8-12-16-19-18(15-6-4-2)17-13-10-9-11-14-17/h9-11,13-14,18-19H,3-8,12,15-16H2,1-2H3. The molecule has 0 aliphatic rings. The molecule has 108 valence electrons. The molecule has 0 spiro atoms.